The first-order valence-electron chi connectivity index (χ1n) is 26.1. The van der Waals surface area contributed by atoms with Crippen LogP contribution in [-0.2, 0) is 28.6 Å². The van der Waals surface area contributed by atoms with Crippen molar-refractivity contribution in [3.63, 3.8) is 0 Å². The third kappa shape index (κ3) is 48.3. The van der Waals surface area contributed by atoms with E-state index in [9.17, 15) is 14.4 Å². The number of hydrogen-bond acceptors (Lipinski definition) is 6. The van der Waals surface area contributed by atoms with Crippen molar-refractivity contribution in [2.24, 2.45) is 0 Å². The molecule has 0 aliphatic carbocycles. The maximum atomic E-state index is 12.8. The summed E-state index contributed by atoms with van der Waals surface area (Å²) in [4.78, 5) is 37.9. The Morgan fingerprint density at radius 3 is 0.918 bits per heavy atom. The molecular formula is C55H98O6. The van der Waals surface area contributed by atoms with E-state index in [0.29, 0.717) is 19.3 Å². The van der Waals surface area contributed by atoms with E-state index in [0.717, 1.165) is 83.5 Å². The maximum Gasteiger partial charge on any atom is 0.306 e. The summed E-state index contributed by atoms with van der Waals surface area (Å²) >= 11 is 0. The molecule has 1 unspecified atom stereocenters. The molecule has 6 heteroatoms. The van der Waals surface area contributed by atoms with Gasteiger partial charge < -0.3 is 14.2 Å². The highest BCUT2D eigenvalue weighted by Gasteiger charge is 2.19. The highest BCUT2D eigenvalue weighted by molar-refractivity contribution is 5.71. The molecule has 0 rings (SSSR count). The van der Waals surface area contributed by atoms with Crippen molar-refractivity contribution in [3.05, 3.63) is 48.6 Å². The van der Waals surface area contributed by atoms with Gasteiger partial charge in [0, 0.05) is 19.3 Å². The Balaban J connectivity index is 4.33. The second kappa shape index (κ2) is 50.0. The van der Waals surface area contributed by atoms with Crippen LogP contribution in [0.1, 0.15) is 265 Å². The number of rotatable bonds is 47. The van der Waals surface area contributed by atoms with E-state index in [4.69, 9.17) is 14.2 Å². The smallest absolute Gasteiger partial charge is 0.306 e. The molecule has 0 aliphatic rings. The monoisotopic (exact) mass is 855 g/mol. The lowest BCUT2D eigenvalue weighted by Gasteiger charge is -2.18. The molecule has 0 amide bonds. The van der Waals surface area contributed by atoms with Gasteiger partial charge in [-0.1, -0.05) is 191 Å². The third-order valence-electron chi connectivity index (χ3n) is 11.3. The molecule has 6 nitrogen and oxygen atoms in total. The fourth-order valence-corrected chi connectivity index (χ4v) is 7.28. The molecule has 0 bridgehead atoms. The fraction of sp³-hybridized carbons (Fsp3) is 0.800. The predicted octanol–water partition coefficient (Wildman–Crippen LogP) is 17.1. The highest BCUT2D eigenvalue weighted by Crippen LogP contribution is 2.14. The fourth-order valence-electron chi connectivity index (χ4n) is 7.28. The third-order valence-corrected chi connectivity index (χ3v) is 11.3. The standard InChI is InChI=1S/C55H98O6/c1-4-7-10-13-16-19-22-25-26-27-28-29-30-31-34-36-39-42-45-48-54(57)60-51-52(61-55(58)49-46-43-40-37-33-24-21-18-15-12-9-6-3)50-59-53(56)47-44-41-38-35-32-23-20-17-14-11-8-5-2/h16-21,25-26,52H,4-15,22-24,27-51H2,1-3H3/b19-16-,20-17-,21-18-,26-25-. The molecule has 0 fully saturated rings. The van der Waals surface area contributed by atoms with E-state index in [2.05, 4.69) is 69.4 Å². The molecular weight excluding hydrogens is 757 g/mol. The first-order valence-corrected chi connectivity index (χ1v) is 26.1. The molecule has 1 atom stereocenters. The molecule has 0 saturated carbocycles. The van der Waals surface area contributed by atoms with Gasteiger partial charge >= 0.3 is 17.9 Å². The Morgan fingerprint density at radius 1 is 0.328 bits per heavy atom. The van der Waals surface area contributed by atoms with Crippen LogP contribution in [0.2, 0.25) is 0 Å². The van der Waals surface area contributed by atoms with Crippen LogP contribution in [0.25, 0.3) is 0 Å². The van der Waals surface area contributed by atoms with Gasteiger partial charge in [0.25, 0.3) is 0 Å². The van der Waals surface area contributed by atoms with Crippen molar-refractivity contribution in [1.82, 2.24) is 0 Å². The summed E-state index contributed by atoms with van der Waals surface area (Å²) in [7, 11) is 0. The number of unbranched alkanes of at least 4 members (excludes halogenated alkanes) is 28. The number of esters is 3. The Labute approximate surface area is 378 Å². The average Bonchev–Trinajstić information content (AvgIpc) is 3.26. The van der Waals surface area contributed by atoms with E-state index in [1.54, 1.807) is 0 Å². The Morgan fingerprint density at radius 2 is 0.590 bits per heavy atom. The SMILES string of the molecule is CCCCC/C=C\C/C=C\CCCCCCCCCCCC(=O)OCC(COC(=O)CCCCCCC/C=C\CCCCC)OC(=O)CCCCCCC/C=C\CCCCC. The normalized spacial score (nSPS) is 12.4. The number of carbonyl (C=O) groups excluding carboxylic acids is 3. The van der Waals surface area contributed by atoms with Crippen molar-refractivity contribution in [2.75, 3.05) is 13.2 Å². The topological polar surface area (TPSA) is 78.9 Å². The van der Waals surface area contributed by atoms with Crippen LogP contribution in [0.5, 0.6) is 0 Å². The summed E-state index contributed by atoms with van der Waals surface area (Å²) in [5, 5.41) is 0. The zero-order valence-corrected chi connectivity index (χ0v) is 40.4. The molecule has 0 radical (unpaired) electrons. The van der Waals surface area contributed by atoms with Crippen molar-refractivity contribution in [3.8, 4) is 0 Å². The second-order valence-corrected chi connectivity index (χ2v) is 17.4. The van der Waals surface area contributed by atoms with Gasteiger partial charge in [0.15, 0.2) is 6.10 Å². The summed E-state index contributed by atoms with van der Waals surface area (Å²) in [6, 6.07) is 0. The molecule has 354 valence electrons. The number of hydrogen-bond donors (Lipinski definition) is 0. The lowest BCUT2D eigenvalue weighted by molar-refractivity contribution is -0.167. The molecule has 0 aromatic rings. The summed E-state index contributed by atoms with van der Waals surface area (Å²) in [5.74, 6) is -0.897. The molecule has 0 saturated heterocycles. The minimum absolute atomic E-state index is 0.0805. The van der Waals surface area contributed by atoms with E-state index >= 15 is 0 Å². The van der Waals surface area contributed by atoms with Gasteiger partial charge in [0.2, 0.25) is 0 Å². The second-order valence-electron chi connectivity index (χ2n) is 17.4. The average molecular weight is 855 g/mol. The van der Waals surface area contributed by atoms with Gasteiger partial charge in [-0.15, -0.1) is 0 Å². The number of carbonyl (C=O) groups is 3. The molecule has 61 heavy (non-hydrogen) atoms. The van der Waals surface area contributed by atoms with E-state index in [-0.39, 0.29) is 31.1 Å². The summed E-state index contributed by atoms with van der Waals surface area (Å²) in [5.41, 5.74) is 0. The first-order chi connectivity index (χ1) is 30.0. The molecule has 0 spiro atoms. The van der Waals surface area contributed by atoms with Gasteiger partial charge in [-0.05, 0) is 103 Å². The van der Waals surface area contributed by atoms with E-state index < -0.39 is 6.10 Å². The quantitative estimate of drug-likeness (QED) is 0.0263. The van der Waals surface area contributed by atoms with Gasteiger partial charge in [0.05, 0.1) is 0 Å². The van der Waals surface area contributed by atoms with Crippen LogP contribution in [0.15, 0.2) is 48.6 Å². The molecule has 0 aromatic heterocycles. The van der Waals surface area contributed by atoms with Crippen molar-refractivity contribution in [1.29, 1.82) is 0 Å². The summed E-state index contributed by atoms with van der Waals surface area (Å²) in [6.07, 6.45) is 59.5. The van der Waals surface area contributed by atoms with Crippen molar-refractivity contribution in [2.45, 2.75) is 271 Å². The molecule has 0 aromatic carbocycles. The van der Waals surface area contributed by atoms with Crippen molar-refractivity contribution >= 4 is 17.9 Å². The Bertz CT molecular complexity index is 1070. The van der Waals surface area contributed by atoms with Gasteiger partial charge in [0.1, 0.15) is 13.2 Å². The zero-order valence-electron chi connectivity index (χ0n) is 40.4. The minimum Gasteiger partial charge on any atom is -0.462 e. The summed E-state index contributed by atoms with van der Waals surface area (Å²) < 4.78 is 16.8. The van der Waals surface area contributed by atoms with Crippen LogP contribution >= 0.6 is 0 Å². The van der Waals surface area contributed by atoms with Crippen molar-refractivity contribution < 1.29 is 28.6 Å². The molecule has 0 aliphatic heterocycles. The number of allylic oxidation sites excluding steroid dienone is 8. The van der Waals surface area contributed by atoms with Gasteiger partial charge in [-0.2, -0.15) is 0 Å². The molecule has 0 N–H and O–H groups in total. The van der Waals surface area contributed by atoms with Gasteiger partial charge in [-0.3, -0.25) is 14.4 Å². The lowest BCUT2D eigenvalue weighted by Crippen LogP contribution is -2.30. The van der Waals surface area contributed by atoms with E-state index in [1.807, 2.05) is 0 Å². The minimum atomic E-state index is -0.780. The largest absolute Gasteiger partial charge is 0.462 e. The molecule has 0 heterocycles. The van der Waals surface area contributed by atoms with Crippen LogP contribution in [0, 0.1) is 0 Å². The van der Waals surface area contributed by atoms with E-state index in [1.165, 1.54) is 141 Å². The maximum absolute atomic E-state index is 12.8. The number of ether oxygens (including phenoxy) is 3. The van der Waals surface area contributed by atoms with Crippen LogP contribution in [-0.4, -0.2) is 37.2 Å². The van der Waals surface area contributed by atoms with Crippen LogP contribution in [0.4, 0.5) is 0 Å². The lowest BCUT2D eigenvalue weighted by atomic mass is 10.1. The Hall–Kier alpha value is -2.63. The zero-order chi connectivity index (χ0) is 44.4. The summed E-state index contributed by atoms with van der Waals surface area (Å²) in [6.45, 7) is 6.56. The van der Waals surface area contributed by atoms with Crippen LogP contribution in [0.3, 0.4) is 0 Å². The highest BCUT2D eigenvalue weighted by atomic mass is 16.6. The predicted molar refractivity (Wildman–Crippen MR) is 261 cm³/mol. The first kappa shape index (κ1) is 58.4. The Kier molecular flexibility index (Phi) is 47.9. The van der Waals surface area contributed by atoms with Gasteiger partial charge in [-0.25, -0.2) is 0 Å². The van der Waals surface area contributed by atoms with Crippen LogP contribution < -0.4 is 0 Å².